The third kappa shape index (κ3) is 3.17. The molecule has 3 rings (SSSR count). The number of hydrogen-bond donors (Lipinski definition) is 3. The topological polar surface area (TPSA) is 106 Å². The van der Waals surface area contributed by atoms with Crippen molar-refractivity contribution in [3.8, 4) is 11.1 Å². The molecule has 0 spiro atoms. The van der Waals surface area contributed by atoms with Crippen LogP contribution in [0.1, 0.15) is 0 Å². The quantitative estimate of drug-likeness (QED) is 0.649. The number of carbonyl (C=O) groups is 1. The number of anilines is 2. The highest BCUT2D eigenvalue weighted by Gasteiger charge is 2.10. The Balaban J connectivity index is 1.98. The zero-order chi connectivity index (χ0) is 16.4. The van der Waals surface area contributed by atoms with E-state index in [9.17, 15) is 4.79 Å². The molecule has 0 radical (unpaired) electrons. The van der Waals surface area contributed by atoms with E-state index >= 15 is 0 Å². The van der Waals surface area contributed by atoms with Gasteiger partial charge in [0.1, 0.15) is 12.4 Å². The number of nitrogens with two attached hydrogens (primary N) is 1. The summed E-state index contributed by atoms with van der Waals surface area (Å²) in [5.74, 6) is 0.638. The molecular weight excluding hydrogens is 362 g/mol. The van der Waals surface area contributed by atoms with E-state index in [-0.39, 0.29) is 12.5 Å². The summed E-state index contributed by atoms with van der Waals surface area (Å²) >= 11 is 3.51. The number of hydrogen-bond acceptors (Lipinski definition) is 5. The normalized spacial score (nSPS) is 10.9. The molecule has 1 aromatic carbocycles. The Hall–Kier alpha value is -2.45. The van der Waals surface area contributed by atoms with Crippen molar-refractivity contribution >= 4 is 44.4 Å². The third-order valence-corrected chi connectivity index (χ3v) is 3.92. The molecule has 23 heavy (non-hydrogen) atoms. The number of rotatable bonds is 4. The summed E-state index contributed by atoms with van der Waals surface area (Å²) in [7, 11) is 1.46. The van der Waals surface area contributed by atoms with Gasteiger partial charge in [-0.3, -0.25) is 9.89 Å². The molecule has 2 aromatic heterocycles. The van der Waals surface area contributed by atoms with Crippen molar-refractivity contribution in [2.75, 3.05) is 24.8 Å². The minimum absolute atomic E-state index is 0.0189. The number of carbonyl (C=O) groups excluding carboxylic acids is 1. The lowest BCUT2D eigenvalue weighted by molar-refractivity contribution is -0.119. The van der Waals surface area contributed by atoms with Crippen LogP contribution in [-0.4, -0.2) is 34.8 Å². The Morgan fingerprint density at radius 2 is 2.22 bits per heavy atom. The largest absolute Gasteiger partial charge is 0.382 e. The Kier molecular flexibility index (Phi) is 4.26. The number of nitrogens with one attached hydrogen (secondary N) is 2. The predicted molar refractivity (Wildman–Crippen MR) is 91.9 cm³/mol. The second-order valence-electron chi connectivity index (χ2n) is 4.90. The summed E-state index contributed by atoms with van der Waals surface area (Å²) in [4.78, 5) is 15.7. The molecule has 0 unspecified atom stereocenters. The van der Waals surface area contributed by atoms with Gasteiger partial charge in [-0.1, -0.05) is 0 Å². The van der Waals surface area contributed by atoms with Crippen LogP contribution < -0.4 is 11.1 Å². The number of amides is 1. The van der Waals surface area contributed by atoms with E-state index in [2.05, 4.69) is 36.4 Å². The molecule has 0 saturated carbocycles. The standard InChI is InChI=1S/C15H14BrN5O2/c1-23-7-13(22)19-12-6-8(2-3-18-12)9-4-10-14(11(16)5-9)20-21-15(10)17/h2-6H,7H2,1H3,(H3,17,20,21)(H,18,19,22). The molecule has 0 aliphatic rings. The van der Waals surface area contributed by atoms with Crippen molar-refractivity contribution in [2.45, 2.75) is 0 Å². The highest BCUT2D eigenvalue weighted by atomic mass is 79.9. The van der Waals surface area contributed by atoms with Crippen molar-refractivity contribution in [1.29, 1.82) is 0 Å². The molecule has 7 nitrogen and oxygen atoms in total. The number of aromatic amines is 1. The van der Waals surface area contributed by atoms with Gasteiger partial charge in [0.05, 0.1) is 5.52 Å². The first-order valence-electron chi connectivity index (χ1n) is 6.77. The minimum Gasteiger partial charge on any atom is -0.382 e. The maximum Gasteiger partial charge on any atom is 0.251 e. The summed E-state index contributed by atoms with van der Waals surface area (Å²) in [6.45, 7) is -0.0189. The number of benzene rings is 1. The van der Waals surface area contributed by atoms with Gasteiger partial charge in [-0.15, -0.1) is 0 Å². The maximum absolute atomic E-state index is 11.6. The summed E-state index contributed by atoms with van der Waals surface area (Å²) < 4.78 is 5.65. The minimum atomic E-state index is -0.257. The van der Waals surface area contributed by atoms with Crippen LogP contribution in [0, 0.1) is 0 Å². The number of nitrogens with zero attached hydrogens (tertiary/aromatic N) is 2. The maximum atomic E-state index is 11.6. The molecule has 0 atom stereocenters. The number of nitrogen functional groups attached to an aromatic ring is 1. The molecule has 0 saturated heterocycles. The lowest BCUT2D eigenvalue weighted by Crippen LogP contribution is -2.17. The van der Waals surface area contributed by atoms with Crippen molar-refractivity contribution in [2.24, 2.45) is 0 Å². The molecule has 4 N–H and O–H groups in total. The van der Waals surface area contributed by atoms with Gasteiger partial charge in [0.25, 0.3) is 5.91 Å². The number of H-pyrrole nitrogens is 1. The summed E-state index contributed by atoms with van der Waals surface area (Å²) in [5.41, 5.74) is 8.55. The first kappa shape index (κ1) is 15.4. The van der Waals surface area contributed by atoms with Crippen molar-refractivity contribution < 1.29 is 9.53 Å². The molecule has 2 heterocycles. The van der Waals surface area contributed by atoms with Gasteiger partial charge in [-0.25, -0.2) is 4.98 Å². The van der Waals surface area contributed by atoms with E-state index in [0.29, 0.717) is 11.6 Å². The second kappa shape index (κ2) is 6.35. The average molecular weight is 376 g/mol. The number of pyridine rings is 1. The van der Waals surface area contributed by atoms with Gasteiger partial charge < -0.3 is 15.8 Å². The smallest absolute Gasteiger partial charge is 0.251 e. The Morgan fingerprint density at radius 3 is 3.00 bits per heavy atom. The Labute approximate surface area is 140 Å². The number of methoxy groups -OCH3 is 1. The fourth-order valence-electron chi connectivity index (χ4n) is 2.25. The van der Waals surface area contributed by atoms with E-state index < -0.39 is 0 Å². The highest BCUT2D eigenvalue weighted by molar-refractivity contribution is 9.10. The van der Waals surface area contributed by atoms with Crippen molar-refractivity contribution in [3.05, 3.63) is 34.9 Å². The number of ether oxygens (including phenoxy) is 1. The lowest BCUT2D eigenvalue weighted by atomic mass is 10.0. The Bertz CT molecular complexity index is 877. The van der Waals surface area contributed by atoms with Crippen LogP contribution in [0.25, 0.3) is 22.0 Å². The summed E-state index contributed by atoms with van der Waals surface area (Å²) in [6, 6.07) is 7.54. The first-order chi connectivity index (χ1) is 11.1. The van der Waals surface area contributed by atoms with Gasteiger partial charge in [0, 0.05) is 23.2 Å². The van der Waals surface area contributed by atoms with E-state index in [0.717, 1.165) is 26.5 Å². The molecule has 0 bridgehead atoms. The lowest BCUT2D eigenvalue weighted by Gasteiger charge is -2.07. The molecule has 0 aliphatic heterocycles. The number of halogens is 1. The molecule has 0 fully saturated rings. The zero-order valence-corrected chi connectivity index (χ0v) is 13.8. The highest BCUT2D eigenvalue weighted by Crippen LogP contribution is 2.32. The van der Waals surface area contributed by atoms with E-state index in [1.165, 1.54) is 7.11 Å². The van der Waals surface area contributed by atoms with E-state index in [1.54, 1.807) is 12.3 Å². The van der Waals surface area contributed by atoms with Gasteiger partial charge in [0.15, 0.2) is 5.82 Å². The molecule has 118 valence electrons. The fraction of sp³-hybridized carbons (Fsp3) is 0.133. The molecule has 1 amide bonds. The number of aromatic nitrogens is 3. The van der Waals surface area contributed by atoms with Crippen molar-refractivity contribution in [1.82, 2.24) is 15.2 Å². The van der Waals surface area contributed by atoms with Crippen LogP contribution in [0.15, 0.2) is 34.9 Å². The summed E-state index contributed by atoms with van der Waals surface area (Å²) in [5, 5.41) is 10.4. The predicted octanol–water partition coefficient (Wildman–Crippen LogP) is 2.55. The fourth-order valence-corrected chi connectivity index (χ4v) is 2.80. The van der Waals surface area contributed by atoms with E-state index in [1.807, 2.05) is 18.2 Å². The van der Waals surface area contributed by atoms with Gasteiger partial charge in [0.2, 0.25) is 0 Å². The van der Waals surface area contributed by atoms with Crippen LogP contribution in [0.3, 0.4) is 0 Å². The summed E-state index contributed by atoms with van der Waals surface area (Å²) in [6.07, 6.45) is 1.63. The van der Waals surface area contributed by atoms with Crippen LogP contribution in [0.2, 0.25) is 0 Å². The van der Waals surface area contributed by atoms with Crippen LogP contribution >= 0.6 is 15.9 Å². The van der Waals surface area contributed by atoms with Crippen LogP contribution in [-0.2, 0) is 9.53 Å². The zero-order valence-electron chi connectivity index (χ0n) is 12.3. The second-order valence-corrected chi connectivity index (χ2v) is 5.75. The van der Waals surface area contributed by atoms with E-state index in [4.69, 9.17) is 10.5 Å². The van der Waals surface area contributed by atoms with Gasteiger partial charge >= 0.3 is 0 Å². The van der Waals surface area contributed by atoms with Crippen LogP contribution in [0.4, 0.5) is 11.6 Å². The van der Waals surface area contributed by atoms with Crippen molar-refractivity contribution in [3.63, 3.8) is 0 Å². The molecule has 8 heteroatoms. The number of fused-ring (bicyclic) bond motifs is 1. The Morgan fingerprint density at radius 1 is 1.39 bits per heavy atom. The third-order valence-electron chi connectivity index (χ3n) is 3.29. The molecule has 3 aromatic rings. The van der Waals surface area contributed by atoms with Gasteiger partial charge in [-0.05, 0) is 51.3 Å². The van der Waals surface area contributed by atoms with Crippen LogP contribution in [0.5, 0.6) is 0 Å². The van der Waals surface area contributed by atoms with Gasteiger partial charge in [-0.2, -0.15) is 5.10 Å². The monoisotopic (exact) mass is 375 g/mol. The average Bonchev–Trinajstić information content (AvgIpc) is 2.90. The molecular formula is C15H14BrN5O2. The first-order valence-corrected chi connectivity index (χ1v) is 7.56. The molecule has 0 aliphatic carbocycles. The SMILES string of the molecule is COCC(=O)Nc1cc(-c2cc(Br)c3[nH]nc(N)c3c2)ccn1.